The number of nitrogens with zero attached hydrogens (tertiary/aromatic N) is 4. The third-order valence-corrected chi connectivity index (χ3v) is 4.44. The highest BCUT2D eigenvalue weighted by Gasteiger charge is 2.39. The summed E-state index contributed by atoms with van der Waals surface area (Å²) in [6.07, 6.45) is 0.319. The fourth-order valence-electron chi connectivity index (χ4n) is 3.19. The van der Waals surface area contributed by atoms with Gasteiger partial charge in [0.2, 0.25) is 11.6 Å². The molecule has 0 aliphatic carbocycles. The monoisotopic (exact) mass is 296 g/mol. The fraction of sp³-hybridized carbons (Fsp3) is 0.786. The summed E-state index contributed by atoms with van der Waals surface area (Å²) >= 11 is 0. The van der Waals surface area contributed by atoms with Gasteiger partial charge in [-0.05, 0) is 27.7 Å². The molecule has 1 aliphatic rings. The lowest BCUT2D eigenvalue weighted by atomic mass is 9.74. The molecule has 1 aliphatic heterocycles. The van der Waals surface area contributed by atoms with Crippen molar-refractivity contribution in [3.8, 4) is 0 Å². The number of aryl methyl sites for hydroxylation is 1. The molecule has 7 nitrogen and oxygen atoms in total. The average molecular weight is 296 g/mol. The van der Waals surface area contributed by atoms with Gasteiger partial charge in [0.15, 0.2) is 0 Å². The second-order valence-corrected chi connectivity index (χ2v) is 6.90. The predicted octanol–water partition coefficient (Wildman–Crippen LogP) is 1.87. The summed E-state index contributed by atoms with van der Waals surface area (Å²) in [5.41, 5.74) is 0.0276. The Bertz CT molecular complexity index is 547. The molecule has 1 fully saturated rings. The normalized spacial score (nSPS) is 23.4. The van der Waals surface area contributed by atoms with Crippen molar-refractivity contribution in [3.05, 3.63) is 15.9 Å². The molecule has 0 spiro atoms. The smallest absolute Gasteiger partial charge is 0.391 e. The van der Waals surface area contributed by atoms with Gasteiger partial charge in [-0.25, -0.2) is 0 Å². The van der Waals surface area contributed by atoms with Crippen molar-refractivity contribution in [1.29, 1.82) is 0 Å². The minimum Gasteiger partial charge on any atom is -0.391 e. The van der Waals surface area contributed by atoms with Crippen LogP contribution in [0.5, 0.6) is 0 Å². The molecule has 118 valence electrons. The first-order valence-corrected chi connectivity index (χ1v) is 7.23. The summed E-state index contributed by atoms with van der Waals surface area (Å²) in [5.74, 6) is 1.16. The second-order valence-electron chi connectivity index (χ2n) is 6.90. The molecule has 2 rings (SSSR count). The van der Waals surface area contributed by atoms with Crippen LogP contribution >= 0.6 is 0 Å². The molecule has 0 bridgehead atoms. The zero-order valence-electron chi connectivity index (χ0n) is 13.3. The van der Waals surface area contributed by atoms with Crippen molar-refractivity contribution < 1.29 is 10.0 Å². The number of aromatic nitrogens is 2. The lowest BCUT2D eigenvalue weighted by Crippen LogP contribution is -2.48. The van der Waals surface area contributed by atoms with E-state index in [4.69, 9.17) is 0 Å². The molecule has 1 aromatic rings. The average Bonchev–Trinajstić information content (AvgIpc) is 2.64. The number of aliphatic hydroxyl groups excluding tert-OH is 1. The van der Waals surface area contributed by atoms with Crippen LogP contribution in [0.2, 0.25) is 0 Å². The lowest BCUT2D eigenvalue weighted by Gasteiger charge is -2.42. The van der Waals surface area contributed by atoms with Crippen LogP contribution in [0.1, 0.15) is 33.0 Å². The van der Waals surface area contributed by atoms with E-state index >= 15 is 0 Å². The van der Waals surface area contributed by atoms with Gasteiger partial charge in [0.1, 0.15) is 0 Å². The number of hydrogen-bond donors (Lipinski definition) is 1. The summed E-state index contributed by atoms with van der Waals surface area (Å²) in [6, 6.07) is 0. The summed E-state index contributed by atoms with van der Waals surface area (Å²) in [4.78, 5) is 16.6. The van der Waals surface area contributed by atoms with Crippen molar-refractivity contribution in [2.24, 2.45) is 18.4 Å². The molecule has 0 aromatic carbocycles. The van der Waals surface area contributed by atoms with Gasteiger partial charge in [-0.2, -0.15) is 0 Å². The minimum absolute atomic E-state index is 0.0276. The lowest BCUT2D eigenvalue weighted by molar-refractivity contribution is -0.388. The Morgan fingerprint density at radius 3 is 2.52 bits per heavy atom. The molecular formula is C14H24N4O3. The third kappa shape index (κ3) is 2.88. The molecule has 0 saturated carbocycles. The molecule has 1 aromatic heterocycles. The fourth-order valence-corrected chi connectivity index (χ4v) is 3.19. The maximum absolute atomic E-state index is 11.2. The number of anilines is 1. The summed E-state index contributed by atoms with van der Waals surface area (Å²) in [6.45, 7) is 9.20. The standard InChI is InChI=1S/C14H24N4O3/c1-9-15-12(18(20)21)13(16(9)5)17-7-6-10(11(19)8-17)14(2,3)4/h10-11,19H,6-8H2,1-5H3/t10-,11-/m1/s1. The second kappa shape index (κ2) is 5.29. The van der Waals surface area contributed by atoms with E-state index in [1.54, 1.807) is 18.5 Å². The Morgan fingerprint density at radius 2 is 2.05 bits per heavy atom. The molecular weight excluding hydrogens is 272 g/mol. The Kier molecular flexibility index (Phi) is 3.97. The topological polar surface area (TPSA) is 84.4 Å². The third-order valence-electron chi connectivity index (χ3n) is 4.44. The molecule has 1 N–H and O–H groups in total. The maximum Gasteiger partial charge on any atom is 0.406 e. The van der Waals surface area contributed by atoms with Gasteiger partial charge < -0.3 is 20.1 Å². The first-order valence-electron chi connectivity index (χ1n) is 7.23. The van der Waals surface area contributed by atoms with Crippen LogP contribution in [0.25, 0.3) is 0 Å². The summed E-state index contributed by atoms with van der Waals surface area (Å²) in [5, 5.41) is 21.6. The maximum atomic E-state index is 11.2. The van der Waals surface area contributed by atoms with E-state index in [1.807, 2.05) is 4.90 Å². The predicted molar refractivity (Wildman–Crippen MR) is 80.4 cm³/mol. The van der Waals surface area contributed by atoms with E-state index in [9.17, 15) is 15.2 Å². The van der Waals surface area contributed by atoms with E-state index in [2.05, 4.69) is 25.8 Å². The van der Waals surface area contributed by atoms with E-state index in [-0.39, 0.29) is 17.2 Å². The van der Waals surface area contributed by atoms with Crippen LogP contribution in [0.3, 0.4) is 0 Å². The number of imidazole rings is 1. The van der Waals surface area contributed by atoms with Crippen LogP contribution in [0, 0.1) is 28.4 Å². The van der Waals surface area contributed by atoms with Crippen LogP contribution in [-0.2, 0) is 7.05 Å². The molecule has 7 heteroatoms. The van der Waals surface area contributed by atoms with Crippen LogP contribution in [-0.4, -0.2) is 38.8 Å². The first-order chi connectivity index (χ1) is 9.62. The SMILES string of the molecule is Cc1nc([N+](=O)[O-])c(N2CC[C@@H](C(C)(C)C)[C@H](O)C2)n1C. The zero-order valence-corrected chi connectivity index (χ0v) is 13.3. The molecule has 0 radical (unpaired) electrons. The molecule has 21 heavy (non-hydrogen) atoms. The zero-order chi connectivity index (χ0) is 15.9. The quantitative estimate of drug-likeness (QED) is 0.665. The number of nitro groups is 1. The molecule has 1 saturated heterocycles. The highest BCUT2D eigenvalue weighted by atomic mass is 16.6. The van der Waals surface area contributed by atoms with Gasteiger partial charge in [0.25, 0.3) is 0 Å². The molecule has 0 unspecified atom stereocenters. The first kappa shape index (κ1) is 15.8. The Hall–Kier alpha value is -1.63. The summed E-state index contributed by atoms with van der Waals surface area (Å²) < 4.78 is 1.72. The van der Waals surface area contributed by atoms with Gasteiger partial charge in [-0.1, -0.05) is 20.8 Å². The van der Waals surface area contributed by atoms with Gasteiger partial charge in [-0.15, -0.1) is 0 Å². The largest absolute Gasteiger partial charge is 0.406 e. The Balaban J connectivity index is 2.28. The van der Waals surface area contributed by atoms with Crippen molar-refractivity contribution in [2.45, 2.75) is 40.2 Å². The number of piperidine rings is 1. The van der Waals surface area contributed by atoms with Crippen molar-refractivity contribution in [2.75, 3.05) is 18.0 Å². The van der Waals surface area contributed by atoms with E-state index < -0.39 is 11.0 Å². The number of β-amino-alcohol motifs (C(OH)–C–C–N with tert-alkyl or cyclic N) is 1. The van der Waals surface area contributed by atoms with Crippen molar-refractivity contribution >= 4 is 11.6 Å². The highest BCUT2D eigenvalue weighted by molar-refractivity contribution is 5.56. The molecule has 2 heterocycles. The van der Waals surface area contributed by atoms with Crippen LogP contribution in [0.15, 0.2) is 0 Å². The summed E-state index contributed by atoms with van der Waals surface area (Å²) in [7, 11) is 1.77. The van der Waals surface area contributed by atoms with E-state index in [0.717, 1.165) is 6.42 Å². The Labute approximate surface area is 124 Å². The van der Waals surface area contributed by atoms with E-state index in [1.165, 1.54) is 0 Å². The van der Waals surface area contributed by atoms with Gasteiger partial charge >= 0.3 is 5.82 Å². The number of rotatable bonds is 2. The van der Waals surface area contributed by atoms with Crippen molar-refractivity contribution in [3.63, 3.8) is 0 Å². The van der Waals surface area contributed by atoms with Crippen molar-refractivity contribution in [1.82, 2.24) is 9.55 Å². The molecule has 2 atom stereocenters. The molecule has 0 amide bonds. The van der Waals surface area contributed by atoms with Crippen LogP contribution < -0.4 is 4.90 Å². The van der Waals surface area contributed by atoms with E-state index in [0.29, 0.717) is 24.7 Å². The number of aliphatic hydroxyl groups is 1. The van der Waals surface area contributed by atoms with Gasteiger partial charge in [0, 0.05) is 27.1 Å². The van der Waals surface area contributed by atoms with Crippen LogP contribution in [0.4, 0.5) is 11.6 Å². The minimum atomic E-state index is -0.492. The highest BCUT2D eigenvalue weighted by Crippen LogP contribution is 2.37. The number of hydrogen-bond acceptors (Lipinski definition) is 5. The van der Waals surface area contributed by atoms with Gasteiger partial charge in [0.05, 0.1) is 6.10 Å². The Morgan fingerprint density at radius 1 is 1.43 bits per heavy atom. The van der Waals surface area contributed by atoms with Gasteiger partial charge in [-0.3, -0.25) is 4.57 Å².